The van der Waals surface area contributed by atoms with Gasteiger partial charge < -0.3 is 10.4 Å². The van der Waals surface area contributed by atoms with Gasteiger partial charge in [0.05, 0.1) is 4.92 Å². The summed E-state index contributed by atoms with van der Waals surface area (Å²) in [6.45, 7) is 0. The summed E-state index contributed by atoms with van der Waals surface area (Å²) in [5, 5.41) is 27.8. The normalized spacial score (nSPS) is 11.5. The predicted octanol–water partition coefficient (Wildman–Crippen LogP) is 3.66. The number of benzene rings is 2. The molecule has 0 spiro atoms. The van der Waals surface area contributed by atoms with Crippen LogP contribution in [0.15, 0.2) is 79.1 Å². The van der Waals surface area contributed by atoms with Gasteiger partial charge in [0.25, 0.3) is 5.69 Å². The zero-order valence-electron chi connectivity index (χ0n) is 14.4. The van der Waals surface area contributed by atoms with E-state index in [4.69, 9.17) is 23.8 Å². The van der Waals surface area contributed by atoms with Crippen LogP contribution in [0.25, 0.3) is 11.5 Å². The number of pyridine rings is 1. The third-order valence-electron chi connectivity index (χ3n) is 3.81. The van der Waals surface area contributed by atoms with Crippen LogP contribution in [0.4, 0.5) is 11.4 Å². The standard InChI is InChI=1S/C20H14ClN3O3S/c21-15-7-5-8-16(13-15)22-20(28)18(23-10-2-1-3-11-23)19(25)14-6-4-9-17(12-14)24(26)27/h1-13H,(H-,22,25,28). The molecule has 0 bridgehead atoms. The summed E-state index contributed by atoms with van der Waals surface area (Å²) in [4.78, 5) is 10.7. The molecule has 28 heavy (non-hydrogen) atoms. The Balaban J connectivity index is 2.09. The zero-order valence-corrected chi connectivity index (χ0v) is 16.0. The fraction of sp³-hybridized carbons (Fsp3) is 0. The van der Waals surface area contributed by atoms with Crippen molar-refractivity contribution in [3.8, 4) is 0 Å². The number of nitrogens with zero attached hydrogens (tertiary/aromatic N) is 2. The number of hydrogen-bond donors (Lipinski definition) is 1. The van der Waals surface area contributed by atoms with E-state index in [9.17, 15) is 15.2 Å². The molecule has 3 rings (SSSR count). The Labute approximate surface area is 171 Å². The summed E-state index contributed by atoms with van der Waals surface area (Å²) in [5.74, 6) is -0.445. The lowest BCUT2D eigenvalue weighted by molar-refractivity contribution is -0.577. The Morgan fingerprint density at radius 1 is 1.04 bits per heavy atom. The molecule has 0 unspecified atom stereocenters. The summed E-state index contributed by atoms with van der Waals surface area (Å²) in [6.07, 6.45) is 3.35. The fourth-order valence-corrected chi connectivity index (χ4v) is 3.05. The van der Waals surface area contributed by atoms with E-state index in [0.29, 0.717) is 10.7 Å². The number of hydrogen-bond acceptors (Lipinski definition) is 4. The fourth-order valence-electron chi connectivity index (χ4n) is 2.54. The highest BCUT2D eigenvalue weighted by Gasteiger charge is 2.19. The summed E-state index contributed by atoms with van der Waals surface area (Å²) >= 11 is 11.5. The molecule has 0 radical (unpaired) electrons. The third-order valence-corrected chi connectivity index (χ3v) is 4.34. The second kappa shape index (κ2) is 8.60. The number of aromatic nitrogens is 1. The Morgan fingerprint density at radius 2 is 1.75 bits per heavy atom. The van der Waals surface area contributed by atoms with Gasteiger partial charge in [-0.2, -0.15) is 4.57 Å². The SMILES string of the molecule is O=[N+]([O-])c1cccc(C([O-])=C(C(=S)Nc2cccc(Cl)c2)[n+]2ccccc2)c1. The number of anilines is 1. The molecule has 0 saturated carbocycles. The van der Waals surface area contributed by atoms with Crippen molar-refractivity contribution >= 4 is 51.6 Å². The number of thiocarbonyl (C=S) groups is 1. The predicted molar refractivity (Wildman–Crippen MR) is 111 cm³/mol. The zero-order chi connectivity index (χ0) is 20.1. The van der Waals surface area contributed by atoms with Crippen LogP contribution in [-0.2, 0) is 0 Å². The maximum Gasteiger partial charge on any atom is 0.270 e. The molecular weight excluding hydrogens is 398 g/mol. The number of nitro groups is 1. The van der Waals surface area contributed by atoms with Crippen molar-refractivity contribution in [2.45, 2.75) is 0 Å². The average molecular weight is 412 g/mol. The molecule has 6 nitrogen and oxygen atoms in total. The molecule has 1 aromatic heterocycles. The molecule has 0 aliphatic carbocycles. The van der Waals surface area contributed by atoms with E-state index in [1.165, 1.54) is 24.3 Å². The lowest BCUT2D eigenvalue weighted by atomic mass is 10.1. The lowest BCUT2D eigenvalue weighted by Crippen LogP contribution is -2.39. The van der Waals surface area contributed by atoms with Gasteiger partial charge in [-0.25, -0.2) is 0 Å². The Hall–Kier alpha value is -3.29. The second-order valence-corrected chi connectivity index (χ2v) is 6.58. The van der Waals surface area contributed by atoms with Crippen LogP contribution < -0.4 is 15.0 Å². The van der Waals surface area contributed by atoms with Crippen LogP contribution in [0, 0.1) is 10.1 Å². The van der Waals surface area contributed by atoms with Gasteiger partial charge in [0, 0.05) is 35.0 Å². The number of nitro benzene ring substituents is 1. The van der Waals surface area contributed by atoms with Crippen molar-refractivity contribution < 1.29 is 14.6 Å². The van der Waals surface area contributed by atoms with E-state index in [0.717, 1.165) is 0 Å². The van der Waals surface area contributed by atoms with Gasteiger partial charge in [-0.05, 0) is 29.5 Å². The first-order valence-electron chi connectivity index (χ1n) is 8.15. The summed E-state index contributed by atoms with van der Waals surface area (Å²) in [5.41, 5.74) is 0.780. The minimum Gasteiger partial charge on any atom is -0.867 e. The monoisotopic (exact) mass is 411 g/mol. The van der Waals surface area contributed by atoms with Gasteiger partial charge in [-0.15, -0.1) is 0 Å². The Kier molecular flexibility index (Phi) is 5.98. The molecular formula is C20H14ClN3O3S. The maximum atomic E-state index is 13.2. The lowest BCUT2D eigenvalue weighted by Gasteiger charge is -2.17. The molecule has 3 aromatic rings. The number of halogens is 1. The third kappa shape index (κ3) is 4.51. The van der Waals surface area contributed by atoms with E-state index in [-0.39, 0.29) is 21.9 Å². The molecule has 0 fully saturated rings. The number of nitrogens with one attached hydrogen (secondary N) is 1. The highest BCUT2D eigenvalue weighted by Crippen LogP contribution is 2.22. The number of non-ortho nitro benzene ring substituents is 1. The summed E-state index contributed by atoms with van der Waals surface area (Å²) in [7, 11) is 0. The number of rotatable bonds is 5. The first-order chi connectivity index (χ1) is 13.5. The van der Waals surface area contributed by atoms with Gasteiger partial charge in [-0.3, -0.25) is 10.1 Å². The van der Waals surface area contributed by atoms with Crippen molar-refractivity contribution in [1.29, 1.82) is 0 Å². The van der Waals surface area contributed by atoms with Gasteiger partial charge in [-0.1, -0.05) is 48.1 Å². The van der Waals surface area contributed by atoms with Crippen LogP contribution in [-0.4, -0.2) is 9.91 Å². The van der Waals surface area contributed by atoms with E-state index < -0.39 is 10.7 Å². The van der Waals surface area contributed by atoms with Crippen molar-refractivity contribution in [3.63, 3.8) is 0 Å². The summed E-state index contributed by atoms with van der Waals surface area (Å²) in [6, 6.07) is 17.8. The Bertz CT molecular complexity index is 1070. The molecule has 0 aliphatic rings. The highest BCUT2D eigenvalue weighted by molar-refractivity contribution is 7.81. The molecule has 0 saturated heterocycles. The minimum atomic E-state index is -0.547. The van der Waals surface area contributed by atoms with Crippen LogP contribution >= 0.6 is 23.8 Å². The van der Waals surface area contributed by atoms with Crippen LogP contribution in [0.3, 0.4) is 0 Å². The van der Waals surface area contributed by atoms with Crippen molar-refractivity contribution in [2.24, 2.45) is 0 Å². The van der Waals surface area contributed by atoms with Crippen LogP contribution in [0.2, 0.25) is 5.02 Å². The Morgan fingerprint density at radius 3 is 2.43 bits per heavy atom. The van der Waals surface area contributed by atoms with Gasteiger partial charge in [0.2, 0.25) is 5.70 Å². The van der Waals surface area contributed by atoms with E-state index in [1.807, 2.05) is 0 Å². The van der Waals surface area contributed by atoms with Gasteiger partial charge in [0.1, 0.15) is 0 Å². The smallest absolute Gasteiger partial charge is 0.270 e. The molecule has 140 valence electrons. The van der Waals surface area contributed by atoms with Gasteiger partial charge in [0.15, 0.2) is 17.4 Å². The molecule has 8 heteroatoms. The van der Waals surface area contributed by atoms with E-state index >= 15 is 0 Å². The van der Waals surface area contributed by atoms with Gasteiger partial charge >= 0.3 is 0 Å². The van der Waals surface area contributed by atoms with Crippen molar-refractivity contribution in [3.05, 3.63) is 99.8 Å². The van der Waals surface area contributed by atoms with Crippen LogP contribution in [0.5, 0.6) is 0 Å². The quantitative estimate of drug-likeness (QED) is 0.173. The summed E-state index contributed by atoms with van der Waals surface area (Å²) < 4.78 is 1.57. The minimum absolute atomic E-state index is 0.162. The topological polar surface area (TPSA) is 82.1 Å². The molecule has 2 aromatic carbocycles. The second-order valence-electron chi connectivity index (χ2n) is 5.73. The van der Waals surface area contributed by atoms with E-state index in [1.54, 1.807) is 59.4 Å². The van der Waals surface area contributed by atoms with E-state index in [2.05, 4.69) is 5.32 Å². The van der Waals surface area contributed by atoms with Crippen LogP contribution in [0.1, 0.15) is 5.56 Å². The molecule has 0 atom stereocenters. The van der Waals surface area contributed by atoms with Crippen molar-refractivity contribution in [1.82, 2.24) is 0 Å². The largest absolute Gasteiger partial charge is 0.867 e. The first-order valence-corrected chi connectivity index (χ1v) is 8.94. The average Bonchev–Trinajstić information content (AvgIpc) is 2.69. The maximum absolute atomic E-state index is 13.2. The molecule has 0 aliphatic heterocycles. The first kappa shape index (κ1) is 19.5. The van der Waals surface area contributed by atoms with Crippen molar-refractivity contribution in [2.75, 3.05) is 5.32 Å². The molecule has 0 amide bonds. The molecule has 1 heterocycles. The molecule has 1 N–H and O–H groups in total. The highest BCUT2D eigenvalue weighted by atomic mass is 35.5.